The highest BCUT2D eigenvalue weighted by Crippen LogP contribution is 2.25. The Bertz CT molecular complexity index is 1380. The maximum Gasteiger partial charge on any atom is 0.269 e. The fourth-order valence-electron chi connectivity index (χ4n) is 3.50. The number of hydrogen-bond acceptors (Lipinski definition) is 4. The second-order valence-electron chi connectivity index (χ2n) is 6.79. The lowest BCUT2D eigenvalue weighted by molar-refractivity contribution is 0.784. The Hall–Kier alpha value is -3.80. The lowest BCUT2D eigenvalue weighted by Gasteiger charge is -2.10. The number of fused-ring (bicyclic) bond motifs is 2. The highest BCUT2D eigenvalue weighted by Gasteiger charge is 2.08. The van der Waals surface area contributed by atoms with Crippen LogP contribution in [0.1, 0.15) is 5.56 Å². The van der Waals surface area contributed by atoms with Crippen molar-refractivity contribution < 1.29 is 0 Å². The van der Waals surface area contributed by atoms with Gasteiger partial charge in [0.05, 0.1) is 35.6 Å². The molecular weight excluding hydrogens is 350 g/mol. The summed E-state index contributed by atoms with van der Waals surface area (Å²) in [6, 6.07) is 18.2. The molecule has 5 rings (SSSR count). The molecule has 136 valence electrons. The van der Waals surface area contributed by atoms with E-state index in [1.165, 1.54) is 6.20 Å². The Kier molecular flexibility index (Phi) is 3.76. The van der Waals surface area contributed by atoms with Crippen molar-refractivity contribution in [1.82, 2.24) is 24.1 Å². The molecule has 0 radical (unpaired) electrons. The van der Waals surface area contributed by atoms with Crippen molar-refractivity contribution in [3.8, 4) is 11.1 Å². The fourth-order valence-corrected chi connectivity index (χ4v) is 3.50. The first kappa shape index (κ1) is 16.4. The number of pyridine rings is 1. The molecule has 0 atom stereocenters. The molecule has 0 aliphatic carbocycles. The third-order valence-electron chi connectivity index (χ3n) is 4.95. The fraction of sp³-hybridized carbons (Fsp3) is 0.0909. The molecule has 0 saturated heterocycles. The molecule has 6 heteroatoms. The Labute approximate surface area is 160 Å². The van der Waals surface area contributed by atoms with E-state index in [1.54, 1.807) is 10.8 Å². The van der Waals surface area contributed by atoms with E-state index in [4.69, 9.17) is 0 Å². The van der Waals surface area contributed by atoms with Crippen molar-refractivity contribution in [3.63, 3.8) is 0 Å². The van der Waals surface area contributed by atoms with Crippen molar-refractivity contribution >= 4 is 22.2 Å². The summed E-state index contributed by atoms with van der Waals surface area (Å²) in [5.74, 6) is 0. The predicted octanol–water partition coefficient (Wildman–Crippen LogP) is 3.39. The summed E-state index contributed by atoms with van der Waals surface area (Å²) in [5.41, 5.74) is 6.49. The second-order valence-corrected chi connectivity index (χ2v) is 6.79. The van der Waals surface area contributed by atoms with E-state index in [1.807, 2.05) is 48.3 Å². The van der Waals surface area contributed by atoms with E-state index in [9.17, 15) is 4.79 Å². The Balaban J connectivity index is 1.57. The second kappa shape index (κ2) is 6.42. The number of benzene rings is 2. The molecule has 0 unspecified atom stereocenters. The van der Waals surface area contributed by atoms with Crippen molar-refractivity contribution in [2.24, 2.45) is 7.05 Å². The first-order valence-corrected chi connectivity index (χ1v) is 9.00. The largest absolute Gasteiger partial charge is 0.334 e. The van der Waals surface area contributed by atoms with Gasteiger partial charge in [0.1, 0.15) is 0 Å². The van der Waals surface area contributed by atoms with Gasteiger partial charge in [0.25, 0.3) is 5.56 Å². The van der Waals surface area contributed by atoms with Gasteiger partial charge in [-0.1, -0.05) is 24.3 Å². The van der Waals surface area contributed by atoms with Crippen LogP contribution in [0.25, 0.3) is 33.3 Å². The van der Waals surface area contributed by atoms with Crippen LogP contribution < -0.4 is 5.56 Å². The molecule has 0 N–H and O–H groups in total. The molecule has 3 heterocycles. The maximum atomic E-state index is 12.4. The molecule has 6 nitrogen and oxygen atoms in total. The van der Waals surface area contributed by atoms with E-state index >= 15 is 0 Å². The van der Waals surface area contributed by atoms with Gasteiger partial charge in [0, 0.05) is 13.2 Å². The van der Waals surface area contributed by atoms with Crippen molar-refractivity contribution in [3.05, 3.63) is 89.2 Å². The Morgan fingerprint density at radius 2 is 1.79 bits per heavy atom. The molecule has 0 spiro atoms. The van der Waals surface area contributed by atoms with Crippen LogP contribution in [0.3, 0.4) is 0 Å². The number of imidazole rings is 1. The van der Waals surface area contributed by atoms with Crippen LogP contribution in [-0.2, 0) is 13.6 Å². The Morgan fingerprint density at radius 1 is 0.893 bits per heavy atom. The van der Waals surface area contributed by atoms with Gasteiger partial charge in [-0.3, -0.25) is 9.36 Å². The summed E-state index contributed by atoms with van der Waals surface area (Å²) < 4.78 is 3.72. The molecule has 5 aromatic rings. The highest BCUT2D eigenvalue weighted by molar-refractivity contribution is 5.82. The van der Waals surface area contributed by atoms with Crippen LogP contribution in [-0.4, -0.2) is 24.1 Å². The van der Waals surface area contributed by atoms with Gasteiger partial charge in [-0.25, -0.2) is 15.0 Å². The summed E-state index contributed by atoms with van der Waals surface area (Å²) in [5, 5.41) is 0. The summed E-state index contributed by atoms with van der Waals surface area (Å²) in [7, 11) is 1.99. The zero-order chi connectivity index (χ0) is 19.1. The van der Waals surface area contributed by atoms with E-state index < -0.39 is 0 Å². The lowest BCUT2D eigenvalue weighted by Crippen LogP contribution is -2.21. The molecule has 3 aromatic heterocycles. The lowest BCUT2D eigenvalue weighted by atomic mass is 10.0. The topological polar surface area (TPSA) is 65.6 Å². The molecule has 0 aliphatic rings. The number of aryl methyl sites for hydroxylation is 1. The van der Waals surface area contributed by atoms with E-state index in [2.05, 4.69) is 39.2 Å². The average Bonchev–Trinajstić information content (AvgIpc) is 3.11. The molecule has 0 bridgehead atoms. The molecule has 0 aliphatic heterocycles. The van der Waals surface area contributed by atoms with Gasteiger partial charge in [-0.05, 0) is 47.0 Å². The minimum atomic E-state index is -0.137. The number of hydrogen-bond donors (Lipinski definition) is 0. The van der Waals surface area contributed by atoms with Gasteiger partial charge >= 0.3 is 0 Å². The van der Waals surface area contributed by atoms with Crippen LogP contribution in [0.15, 0.2) is 78.1 Å². The van der Waals surface area contributed by atoms with Crippen molar-refractivity contribution in [2.75, 3.05) is 0 Å². The zero-order valence-electron chi connectivity index (χ0n) is 15.3. The predicted molar refractivity (Wildman–Crippen MR) is 109 cm³/mol. The number of aromatic nitrogens is 5. The van der Waals surface area contributed by atoms with Crippen LogP contribution in [0.2, 0.25) is 0 Å². The van der Waals surface area contributed by atoms with Gasteiger partial charge in [0.2, 0.25) is 0 Å². The van der Waals surface area contributed by atoms with Crippen LogP contribution in [0, 0.1) is 0 Å². The van der Waals surface area contributed by atoms with E-state index in [0.717, 1.165) is 33.2 Å². The minimum Gasteiger partial charge on any atom is -0.334 e. The number of nitrogens with zero attached hydrogens (tertiary/aromatic N) is 5. The summed E-state index contributed by atoms with van der Waals surface area (Å²) in [4.78, 5) is 25.2. The maximum absolute atomic E-state index is 12.4. The van der Waals surface area contributed by atoms with Crippen LogP contribution in [0.4, 0.5) is 0 Å². The zero-order valence-corrected chi connectivity index (χ0v) is 15.3. The van der Waals surface area contributed by atoms with Gasteiger partial charge < -0.3 is 4.57 Å². The summed E-state index contributed by atoms with van der Waals surface area (Å²) in [6.45, 7) is 0.464. The smallest absolute Gasteiger partial charge is 0.269 e. The first-order chi connectivity index (χ1) is 13.7. The average molecular weight is 367 g/mol. The summed E-state index contributed by atoms with van der Waals surface area (Å²) in [6.07, 6.45) is 4.83. The molecule has 2 aromatic carbocycles. The Morgan fingerprint density at radius 3 is 2.71 bits per heavy atom. The first-order valence-electron chi connectivity index (χ1n) is 9.00. The summed E-state index contributed by atoms with van der Waals surface area (Å²) >= 11 is 0. The third-order valence-corrected chi connectivity index (χ3v) is 4.95. The van der Waals surface area contributed by atoms with E-state index in [0.29, 0.717) is 12.2 Å². The molecule has 0 amide bonds. The molecular formula is C22H17N5O. The van der Waals surface area contributed by atoms with Crippen LogP contribution >= 0.6 is 0 Å². The normalized spacial score (nSPS) is 11.3. The van der Waals surface area contributed by atoms with Crippen molar-refractivity contribution in [2.45, 2.75) is 6.54 Å². The minimum absolute atomic E-state index is 0.137. The van der Waals surface area contributed by atoms with Crippen molar-refractivity contribution in [1.29, 1.82) is 0 Å². The number of rotatable bonds is 3. The monoisotopic (exact) mass is 367 g/mol. The molecule has 0 fully saturated rings. The standard InChI is InChI=1S/C22H17N5O/c1-26-14-25-18-8-7-17(11-20(18)26)16-5-2-4-15(10-16)13-27-19-6-3-9-23-22(19)24-12-21(27)28/h2-12,14H,13H2,1H3. The van der Waals surface area contributed by atoms with E-state index in [-0.39, 0.29) is 5.56 Å². The van der Waals surface area contributed by atoms with Gasteiger partial charge in [-0.15, -0.1) is 0 Å². The molecule has 0 saturated carbocycles. The van der Waals surface area contributed by atoms with Gasteiger partial charge in [0.15, 0.2) is 5.65 Å². The molecule has 28 heavy (non-hydrogen) atoms. The highest BCUT2D eigenvalue weighted by atomic mass is 16.1. The SMILES string of the molecule is Cn1cnc2ccc(-c3cccc(Cn4c(=O)cnc5ncccc54)c3)cc21. The quantitative estimate of drug-likeness (QED) is 0.490. The van der Waals surface area contributed by atoms with Crippen LogP contribution in [0.5, 0.6) is 0 Å². The third kappa shape index (κ3) is 2.75. The van der Waals surface area contributed by atoms with Gasteiger partial charge in [-0.2, -0.15) is 0 Å².